The molecule has 0 bridgehead atoms. The topological polar surface area (TPSA) is 70.6 Å². The highest BCUT2D eigenvalue weighted by molar-refractivity contribution is 7.80. The lowest BCUT2D eigenvalue weighted by Crippen LogP contribution is -2.49. The van der Waals surface area contributed by atoms with Gasteiger partial charge in [-0.15, -0.1) is 0 Å². The van der Waals surface area contributed by atoms with Gasteiger partial charge in [-0.1, -0.05) is 18.2 Å². The smallest absolute Gasteiger partial charge is 0.306 e. The highest BCUT2D eigenvalue weighted by atomic mass is 32.1. The Morgan fingerprint density at radius 1 is 1.45 bits per heavy atom. The molecule has 2 rings (SSSR count). The van der Waals surface area contributed by atoms with Crippen LogP contribution in [0.25, 0.3) is 0 Å². The number of hydrogen-bond acceptors (Lipinski definition) is 3. The van der Waals surface area contributed by atoms with E-state index in [9.17, 15) is 4.79 Å². The lowest BCUT2D eigenvalue weighted by Gasteiger charge is -2.33. The third-order valence-corrected chi connectivity index (χ3v) is 3.72. The van der Waals surface area contributed by atoms with E-state index in [1.54, 1.807) is 7.11 Å². The first kappa shape index (κ1) is 14.6. The molecule has 1 aliphatic rings. The van der Waals surface area contributed by atoms with E-state index in [-0.39, 0.29) is 12.0 Å². The Hall–Kier alpha value is -1.82. The van der Waals surface area contributed by atoms with Crippen molar-refractivity contribution in [2.24, 2.45) is 5.92 Å². The fraction of sp³-hybridized carbons (Fsp3) is 0.429. The molecule has 1 saturated carbocycles. The van der Waals surface area contributed by atoms with E-state index in [4.69, 9.17) is 22.1 Å². The number of hydrogen-bond donors (Lipinski definition) is 3. The van der Waals surface area contributed by atoms with Crippen molar-refractivity contribution in [2.75, 3.05) is 7.11 Å². The highest BCUT2D eigenvalue weighted by Crippen LogP contribution is 2.27. The summed E-state index contributed by atoms with van der Waals surface area (Å²) < 4.78 is 5.26. The van der Waals surface area contributed by atoms with Crippen molar-refractivity contribution >= 4 is 23.3 Å². The van der Waals surface area contributed by atoms with Gasteiger partial charge in [-0.05, 0) is 31.1 Å². The fourth-order valence-electron chi connectivity index (χ4n) is 2.20. The summed E-state index contributed by atoms with van der Waals surface area (Å²) in [5.74, 6) is -0.141. The van der Waals surface area contributed by atoms with Crippen LogP contribution in [-0.2, 0) is 11.3 Å². The van der Waals surface area contributed by atoms with Crippen LogP contribution in [0.1, 0.15) is 18.4 Å². The Morgan fingerprint density at radius 2 is 2.15 bits per heavy atom. The van der Waals surface area contributed by atoms with Crippen molar-refractivity contribution in [3.8, 4) is 5.75 Å². The summed E-state index contributed by atoms with van der Waals surface area (Å²) in [6, 6.07) is 7.89. The number of ether oxygens (including phenoxy) is 1. The number of benzene rings is 1. The number of thiocarbonyl (C=S) groups is 1. The maximum absolute atomic E-state index is 10.7. The van der Waals surface area contributed by atoms with E-state index < -0.39 is 5.97 Å². The van der Waals surface area contributed by atoms with E-state index in [0.29, 0.717) is 24.5 Å². The molecule has 0 aromatic heterocycles. The van der Waals surface area contributed by atoms with Crippen molar-refractivity contribution in [2.45, 2.75) is 25.4 Å². The summed E-state index contributed by atoms with van der Waals surface area (Å²) >= 11 is 5.20. The second kappa shape index (κ2) is 6.56. The number of methoxy groups -OCH3 is 1. The zero-order chi connectivity index (χ0) is 14.5. The first-order valence-electron chi connectivity index (χ1n) is 6.49. The molecule has 1 aromatic rings. The molecule has 5 nitrogen and oxygen atoms in total. The molecule has 20 heavy (non-hydrogen) atoms. The van der Waals surface area contributed by atoms with Gasteiger partial charge in [0.1, 0.15) is 5.75 Å². The molecule has 0 radical (unpaired) electrons. The van der Waals surface area contributed by atoms with Crippen LogP contribution < -0.4 is 15.4 Å². The molecule has 6 heteroatoms. The van der Waals surface area contributed by atoms with Crippen LogP contribution in [0.2, 0.25) is 0 Å². The summed E-state index contributed by atoms with van der Waals surface area (Å²) in [6.07, 6.45) is 1.26. The predicted octanol–water partition coefficient (Wildman–Crippen LogP) is 1.52. The molecule has 0 saturated heterocycles. The van der Waals surface area contributed by atoms with Gasteiger partial charge in [0.2, 0.25) is 0 Å². The maximum Gasteiger partial charge on any atom is 0.306 e. The molecule has 0 amide bonds. The zero-order valence-electron chi connectivity index (χ0n) is 11.3. The standard InChI is InChI=1S/C14H18N2O3S/c1-19-12-5-3-2-4-9(12)8-15-14(20)16-11-6-10(7-11)13(17)18/h2-5,10-11H,6-8H2,1H3,(H,17,18)(H2,15,16,20)/t10-,11-. The Morgan fingerprint density at radius 3 is 2.80 bits per heavy atom. The minimum Gasteiger partial charge on any atom is -0.496 e. The molecule has 0 heterocycles. The third-order valence-electron chi connectivity index (χ3n) is 3.45. The van der Waals surface area contributed by atoms with Gasteiger partial charge in [0.05, 0.1) is 13.0 Å². The number of rotatable bonds is 5. The largest absolute Gasteiger partial charge is 0.496 e. The lowest BCUT2D eigenvalue weighted by molar-refractivity contribution is -0.145. The summed E-state index contributed by atoms with van der Waals surface area (Å²) in [6.45, 7) is 0.574. The molecule has 0 unspecified atom stereocenters. The Labute approximate surface area is 123 Å². The van der Waals surface area contributed by atoms with Gasteiger partial charge in [0.25, 0.3) is 0 Å². The molecular weight excluding hydrogens is 276 g/mol. The van der Waals surface area contributed by atoms with Crippen molar-refractivity contribution in [1.29, 1.82) is 0 Å². The second-order valence-electron chi connectivity index (χ2n) is 4.84. The van der Waals surface area contributed by atoms with Crippen molar-refractivity contribution in [1.82, 2.24) is 10.6 Å². The molecule has 0 aliphatic heterocycles. The Kier molecular flexibility index (Phi) is 4.79. The number of carboxylic acids is 1. The molecule has 1 aromatic carbocycles. The summed E-state index contributed by atoms with van der Waals surface area (Å²) in [4.78, 5) is 10.7. The molecule has 0 spiro atoms. The number of carboxylic acid groups (broad SMARTS) is 1. The fourth-order valence-corrected chi connectivity index (χ4v) is 2.44. The first-order valence-corrected chi connectivity index (χ1v) is 6.90. The molecule has 1 fully saturated rings. The van der Waals surface area contributed by atoms with Crippen molar-refractivity contribution in [3.63, 3.8) is 0 Å². The van der Waals surface area contributed by atoms with Gasteiger partial charge in [0.15, 0.2) is 5.11 Å². The number of aliphatic carboxylic acids is 1. The van der Waals surface area contributed by atoms with Gasteiger partial charge >= 0.3 is 5.97 Å². The SMILES string of the molecule is COc1ccccc1CNC(=S)N[C@H]1C[C@H](C(=O)O)C1. The minimum atomic E-state index is -0.726. The predicted molar refractivity (Wildman–Crippen MR) is 79.7 cm³/mol. The van der Waals surface area contributed by atoms with Gasteiger partial charge in [-0.3, -0.25) is 4.79 Å². The molecular formula is C14H18N2O3S. The van der Waals surface area contributed by atoms with Gasteiger partial charge in [0, 0.05) is 18.2 Å². The summed E-state index contributed by atoms with van der Waals surface area (Å²) in [7, 11) is 1.63. The van der Waals surface area contributed by atoms with Crippen LogP contribution in [0.15, 0.2) is 24.3 Å². The average Bonchev–Trinajstić information content (AvgIpc) is 2.39. The third kappa shape index (κ3) is 3.60. The highest BCUT2D eigenvalue weighted by Gasteiger charge is 2.34. The average molecular weight is 294 g/mol. The minimum absolute atomic E-state index is 0.161. The summed E-state index contributed by atoms with van der Waals surface area (Å²) in [5, 5.41) is 15.6. The quantitative estimate of drug-likeness (QED) is 0.715. The number of carbonyl (C=O) groups is 1. The maximum atomic E-state index is 10.7. The van der Waals surface area contributed by atoms with Crippen LogP contribution in [0.5, 0.6) is 5.75 Å². The van der Waals surface area contributed by atoms with E-state index in [0.717, 1.165) is 11.3 Å². The molecule has 3 N–H and O–H groups in total. The Balaban J connectivity index is 1.74. The summed E-state index contributed by atoms with van der Waals surface area (Å²) in [5.41, 5.74) is 1.02. The van der Waals surface area contributed by atoms with Gasteiger partial charge in [-0.2, -0.15) is 0 Å². The zero-order valence-corrected chi connectivity index (χ0v) is 12.1. The monoisotopic (exact) mass is 294 g/mol. The van der Waals surface area contributed by atoms with E-state index in [1.807, 2.05) is 24.3 Å². The van der Waals surface area contributed by atoms with Crippen molar-refractivity contribution in [3.05, 3.63) is 29.8 Å². The van der Waals surface area contributed by atoms with Crippen LogP contribution in [0.3, 0.4) is 0 Å². The van der Waals surface area contributed by atoms with Gasteiger partial charge in [-0.25, -0.2) is 0 Å². The van der Waals surface area contributed by atoms with Gasteiger partial charge < -0.3 is 20.5 Å². The van der Waals surface area contributed by atoms with Crippen LogP contribution in [0, 0.1) is 5.92 Å². The second-order valence-corrected chi connectivity index (χ2v) is 5.25. The number of para-hydroxylation sites is 1. The lowest BCUT2D eigenvalue weighted by atomic mass is 9.80. The van der Waals surface area contributed by atoms with Crippen LogP contribution >= 0.6 is 12.2 Å². The van der Waals surface area contributed by atoms with Crippen LogP contribution in [0.4, 0.5) is 0 Å². The van der Waals surface area contributed by atoms with E-state index >= 15 is 0 Å². The molecule has 108 valence electrons. The van der Waals surface area contributed by atoms with E-state index in [2.05, 4.69) is 10.6 Å². The Bertz CT molecular complexity index is 501. The first-order chi connectivity index (χ1) is 9.60. The van der Waals surface area contributed by atoms with Crippen LogP contribution in [-0.4, -0.2) is 29.3 Å². The van der Waals surface area contributed by atoms with E-state index in [1.165, 1.54) is 0 Å². The van der Waals surface area contributed by atoms with Crippen molar-refractivity contribution < 1.29 is 14.6 Å². The normalized spacial score (nSPS) is 20.6. The number of nitrogens with one attached hydrogen (secondary N) is 2. The molecule has 0 atom stereocenters. The molecule has 1 aliphatic carbocycles.